The van der Waals surface area contributed by atoms with Crippen LogP contribution in [0, 0.1) is 3.57 Å². The number of aromatic nitrogens is 2. The summed E-state index contributed by atoms with van der Waals surface area (Å²) in [4.78, 5) is 30.9. The summed E-state index contributed by atoms with van der Waals surface area (Å²) in [5.74, 6) is 0.202. The Hall–Kier alpha value is -2.42. The number of carbonyl (C=O) groups excluding carboxylic acids is 2. The number of benzene rings is 2. The van der Waals surface area contributed by atoms with E-state index in [-0.39, 0.29) is 11.7 Å². The van der Waals surface area contributed by atoms with Crippen molar-refractivity contribution in [2.75, 3.05) is 12.4 Å². The van der Waals surface area contributed by atoms with Gasteiger partial charge in [0.2, 0.25) is 5.95 Å². The molecule has 7 heteroatoms. The lowest BCUT2D eigenvalue weighted by Crippen LogP contribution is -2.11. The van der Waals surface area contributed by atoms with Crippen LogP contribution in [-0.2, 0) is 4.74 Å². The fourth-order valence-electron chi connectivity index (χ4n) is 2.15. The summed E-state index contributed by atoms with van der Waals surface area (Å²) in [7, 11) is 1.27. The zero-order valence-corrected chi connectivity index (χ0v) is 14.2. The predicted octanol–water partition coefficient (Wildman–Crippen LogP) is 3.58. The summed E-state index contributed by atoms with van der Waals surface area (Å²) in [6.07, 6.45) is -0.612. The first-order valence-corrected chi connectivity index (χ1v) is 7.79. The van der Waals surface area contributed by atoms with Crippen molar-refractivity contribution in [3.05, 3.63) is 57.2 Å². The van der Waals surface area contributed by atoms with Gasteiger partial charge in [0.15, 0.2) is 5.78 Å². The van der Waals surface area contributed by atoms with Crippen LogP contribution in [-0.4, -0.2) is 29.0 Å². The van der Waals surface area contributed by atoms with Crippen molar-refractivity contribution in [3.63, 3.8) is 0 Å². The van der Waals surface area contributed by atoms with Crippen LogP contribution in [0.1, 0.15) is 15.9 Å². The van der Waals surface area contributed by atoms with E-state index in [0.717, 1.165) is 3.57 Å². The average Bonchev–Trinajstić information content (AvgIpc) is 2.95. The van der Waals surface area contributed by atoms with E-state index >= 15 is 0 Å². The fraction of sp³-hybridized carbons (Fsp3) is 0.0625. The molecule has 0 aliphatic carbocycles. The van der Waals surface area contributed by atoms with E-state index < -0.39 is 6.09 Å². The molecule has 1 heterocycles. The van der Waals surface area contributed by atoms with Crippen molar-refractivity contribution in [3.8, 4) is 0 Å². The molecule has 2 aromatic carbocycles. The molecule has 0 saturated heterocycles. The number of ether oxygens (including phenoxy) is 1. The summed E-state index contributed by atoms with van der Waals surface area (Å²) < 4.78 is 5.52. The first-order chi connectivity index (χ1) is 11.1. The number of carbonyl (C=O) groups is 2. The highest BCUT2D eigenvalue weighted by atomic mass is 127. The highest BCUT2D eigenvalue weighted by molar-refractivity contribution is 14.1. The Morgan fingerprint density at radius 3 is 2.70 bits per heavy atom. The third-order valence-corrected chi connectivity index (χ3v) is 3.91. The number of rotatable bonds is 3. The van der Waals surface area contributed by atoms with Crippen LogP contribution in [0.2, 0.25) is 0 Å². The molecule has 6 nitrogen and oxygen atoms in total. The molecule has 0 aliphatic rings. The number of fused-ring (bicyclic) bond motifs is 1. The maximum Gasteiger partial charge on any atom is 0.413 e. The van der Waals surface area contributed by atoms with Crippen molar-refractivity contribution in [1.82, 2.24) is 9.97 Å². The van der Waals surface area contributed by atoms with Gasteiger partial charge < -0.3 is 9.72 Å². The Kier molecular flexibility index (Phi) is 4.28. The van der Waals surface area contributed by atoms with E-state index in [1.807, 2.05) is 18.2 Å². The zero-order valence-electron chi connectivity index (χ0n) is 12.1. The molecule has 3 rings (SSSR count). The number of halogens is 1. The number of anilines is 1. The Labute approximate surface area is 145 Å². The van der Waals surface area contributed by atoms with Crippen LogP contribution in [0.25, 0.3) is 11.0 Å². The van der Waals surface area contributed by atoms with Gasteiger partial charge in [-0.1, -0.05) is 12.1 Å². The molecular weight excluding hydrogens is 409 g/mol. The van der Waals surface area contributed by atoms with Crippen molar-refractivity contribution in [2.45, 2.75) is 0 Å². The zero-order chi connectivity index (χ0) is 16.4. The van der Waals surface area contributed by atoms with E-state index in [9.17, 15) is 9.59 Å². The lowest BCUT2D eigenvalue weighted by Gasteiger charge is -2.02. The number of hydrogen-bond acceptors (Lipinski definition) is 4. The van der Waals surface area contributed by atoms with E-state index in [2.05, 4.69) is 42.6 Å². The Morgan fingerprint density at radius 1 is 1.17 bits per heavy atom. The number of aromatic amines is 1. The number of nitrogens with zero attached hydrogens (tertiary/aromatic N) is 1. The highest BCUT2D eigenvalue weighted by Crippen LogP contribution is 2.19. The van der Waals surface area contributed by atoms with Crippen LogP contribution in [0.5, 0.6) is 0 Å². The monoisotopic (exact) mass is 421 g/mol. The van der Waals surface area contributed by atoms with Crippen molar-refractivity contribution < 1.29 is 14.3 Å². The second kappa shape index (κ2) is 6.37. The molecule has 0 fully saturated rings. The molecule has 0 aliphatic heterocycles. The Morgan fingerprint density at radius 2 is 1.96 bits per heavy atom. The standard InChI is InChI=1S/C16H12IN3O3/c1-23-16(22)20-15-18-12-6-5-10(8-13(12)19-15)14(21)9-3-2-4-11(17)7-9/h2-8H,1H3,(H2,18,19,20,22). The van der Waals surface area contributed by atoms with Crippen LogP contribution < -0.4 is 5.32 Å². The van der Waals surface area contributed by atoms with Crippen molar-refractivity contribution in [2.24, 2.45) is 0 Å². The van der Waals surface area contributed by atoms with Gasteiger partial charge in [0.05, 0.1) is 18.1 Å². The number of imidazole rings is 1. The molecule has 0 atom stereocenters. The lowest BCUT2D eigenvalue weighted by atomic mass is 10.0. The van der Waals surface area contributed by atoms with Gasteiger partial charge in [0.25, 0.3) is 0 Å². The molecule has 23 heavy (non-hydrogen) atoms. The lowest BCUT2D eigenvalue weighted by molar-refractivity contribution is 0.103. The van der Waals surface area contributed by atoms with Crippen LogP contribution in [0.4, 0.5) is 10.7 Å². The molecule has 0 unspecified atom stereocenters. The number of amides is 1. The van der Waals surface area contributed by atoms with E-state index in [0.29, 0.717) is 22.2 Å². The number of methoxy groups -OCH3 is 1. The van der Waals surface area contributed by atoms with Gasteiger partial charge >= 0.3 is 6.09 Å². The molecular formula is C16H12IN3O3. The minimum atomic E-state index is -0.612. The van der Waals surface area contributed by atoms with Crippen LogP contribution >= 0.6 is 22.6 Å². The molecule has 0 bridgehead atoms. The first-order valence-electron chi connectivity index (χ1n) is 6.72. The SMILES string of the molecule is COC(=O)Nc1nc2ccc(C(=O)c3cccc(I)c3)cc2[nH]1. The largest absolute Gasteiger partial charge is 0.453 e. The Bertz CT molecular complexity index is 904. The third kappa shape index (κ3) is 3.34. The maximum atomic E-state index is 12.5. The number of hydrogen-bond donors (Lipinski definition) is 2. The molecule has 0 radical (unpaired) electrons. The van der Waals surface area contributed by atoms with Crippen LogP contribution in [0.15, 0.2) is 42.5 Å². The molecule has 0 saturated carbocycles. The van der Waals surface area contributed by atoms with Gasteiger partial charge in [-0.2, -0.15) is 0 Å². The molecule has 2 N–H and O–H groups in total. The molecule has 116 valence electrons. The second-order valence-electron chi connectivity index (χ2n) is 4.77. The summed E-state index contributed by atoms with van der Waals surface area (Å²) in [6.45, 7) is 0. The minimum absolute atomic E-state index is 0.0671. The van der Waals surface area contributed by atoms with E-state index in [1.165, 1.54) is 7.11 Å². The normalized spacial score (nSPS) is 10.5. The van der Waals surface area contributed by atoms with Crippen molar-refractivity contribution >= 4 is 51.4 Å². The molecule has 3 aromatic rings. The second-order valence-corrected chi connectivity index (χ2v) is 6.02. The topological polar surface area (TPSA) is 84.1 Å². The quantitative estimate of drug-likeness (QED) is 0.500. The third-order valence-electron chi connectivity index (χ3n) is 3.24. The van der Waals surface area contributed by atoms with Gasteiger partial charge in [-0.25, -0.2) is 9.78 Å². The van der Waals surface area contributed by atoms with Gasteiger partial charge in [-0.05, 0) is 52.9 Å². The summed E-state index contributed by atoms with van der Waals surface area (Å²) >= 11 is 2.17. The van der Waals surface area contributed by atoms with E-state index in [1.54, 1.807) is 24.3 Å². The first kappa shape index (κ1) is 15.5. The summed E-state index contributed by atoms with van der Waals surface area (Å²) in [6, 6.07) is 12.6. The number of nitrogens with one attached hydrogen (secondary N) is 2. The average molecular weight is 421 g/mol. The van der Waals surface area contributed by atoms with Gasteiger partial charge in [-0.15, -0.1) is 0 Å². The maximum absolute atomic E-state index is 12.5. The molecule has 1 aromatic heterocycles. The highest BCUT2D eigenvalue weighted by Gasteiger charge is 2.12. The van der Waals surface area contributed by atoms with E-state index in [4.69, 9.17) is 0 Å². The molecule has 0 spiro atoms. The smallest absolute Gasteiger partial charge is 0.413 e. The Balaban J connectivity index is 1.93. The predicted molar refractivity (Wildman–Crippen MR) is 94.7 cm³/mol. The van der Waals surface area contributed by atoms with Crippen LogP contribution in [0.3, 0.4) is 0 Å². The van der Waals surface area contributed by atoms with Crippen molar-refractivity contribution in [1.29, 1.82) is 0 Å². The van der Waals surface area contributed by atoms with Gasteiger partial charge in [0.1, 0.15) is 0 Å². The summed E-state index contributed by atoms with van der Waals surface area (Å²) in [5, 5.41) is 2.46. The minimum Gasteiger partial charge on any atom is -0.453 e. The number of H-pyrrole nitrogens is 1. The van der Waals surface area contributed by atoms with Gasteiger partial charge in [0, 0.05) is 14.7 Å². The summed E-state index contributed by atoms with van der Waals surface area (Å²) in [5.41, 5.74) is 2.49. The number of ketones is 1. The fourth-order valence-corrected chi connectivity index (χ4v) is 2.70. The van der Waals surface area contributed by atoms with Gasteiger partial charge in [-0.3, -0.25) is 10.1 Å². The molecule has 1 amide bonds.